The highest BCUT2D eigenvalue weighted by Crippen LogP contribution is 2.09. The second kappa shape index (κ2) is 4.82. The molecule has 1 atom stereocenters. The van der Waals surface area contributed by atoms with Gasteiger partial charge in [-0.15, -0.1) is 0 Å². The van der Waals surface area contributed by atoms with Crippen LogP contribution < -0.4 is 5.32 Å². The molecule has 2 N–H and O–H groups in total. The predicted octanol–water partition coefficient (Wildman–Crippen LogP) is 0.322. The first kappa shape index (κ1) is 12.0. The fourth-order valence-corrected chi connectivity index (χ4v) is 1.58. The Morgan fingerprint density at radius 1 is 1.50 bits per heavy atom. The van der Waals surface area contributed by atoms with E-state index in [4.69, 9.17) is 5.11 Å². The molecular formula is C11H12N4O3. The van der Waals surface area contributed by atoms with Gasteiger partial charge in [0.25, 0.3) is 5.91 Å². The number of rotatable bonds is 4. The van der Waals surface area contributed by atoms with Crippen LogP contribution in [0.15, 0.2) is 24.8 Å². The molecule has 0 saturated carbocycles. The molecule has 0 aliphatic rings. The number of carboxylic acids is 1. The lowest BCUT2D eigenvalue weighted by Gasteiger charge is -2.11. The van der Waals surface area contributed by atoms with Crippen molar-refractivity contribution in [3.8, 4) is 0 Å². The van der Waals surface area contributed by atoms with E-state index in [1.807, 2.05) is 0 Å². The summed E-state index contributed by atoms with van der Waals surface area (Å²) in [6.45, 7) is 1.69. The number of fused-ring (bicyclic) bond motifs is 1. The Morgan fingerprint density at radius 2 is 2.28 bits per heavy atom. The fourth-order valence-electron chi connectivity index (χ4n) is 1.58. The molecule has 0 fully saturated rings. The number of carbonyl (C=O) groups excluding carboxylic acids is 1. The third-order valence-electron chi connectivity index (χ3n) is 2.58. The van der Waals surface area contributed by atoms with Gasteiger partial charge in [-0.05, 0) is 6.42 Å². The Labute approximate surface area is 102 Å². The van der Waals surface area contributed by atoms with E-state index in [2.05, 4.69) is 15.4 Å². The molecule has 1 unspecified atom stereocenters. The highest BCUT2D eigenvalue weighted by molar-refractivity contribution is 6.01. The van der Waals surface area contributed by atoms with Crippen LogP contribution >= 0.6 is 0 Å². The monoisotopic (exact) mass is 248 g/mol. The number of nitrogens with one attached hydrogen (secondary N) is 1. The molecule has 0 aliphatic heterocycles. The molecule has 2 rings (SSSR count). The van der Waals surface area contributed by atoms with E-state index >= 15 is 0 Å². The average molecular weight is 248 g/mol. The first-order valence-corrected chi connectivity index (χ1v) is 5.44. The summed E-state index contributed by atoms with van der Waals surface area (Å²) in [4.78, 5) is 26.7. The van der Waals surface area contributed by atoms with Gasteiger partial charge < -0.3 is 10.4 Å². The van der Waals surface area contributed by atoms with E-state index in [9.17, 15) is 9.59 Å². The van der Waals surface area contributed by atoms with E-state index in [-0.39, 0.29) is 0 Å². The molecule has 7 heteroatoms. The number of aliphatic carboxylic acids is 1. The van der Waals surface area contributed by atoms with Gasteiger partial charge in [-0.25, -0.2) is 9.31 Å². The maximum absolute atomic E-state index is 11.9. The molecule has 0 spiro atoms. The van der Waals surface area contributed by atoms with Crippen LogP contribution in [0.3, 0.4) is 0 Å². The SMILES string of the molecule is CCC(NC(=O)c1cnn2ccncc12)C(=O)O. The molecule has 0 bridgehead atoms. The highest BCUT2D eigenvalue weighted by Gasteiger charge is 2.20. The molecule has 2 heterocycles. The Morgan fingerprint density at radius 3 is 2.94 bits per heavy atom. The molecule has 0 radical (unpaired) electrons. The van der Waals surface area contributed by atoms with Crippen LogP contribution in [0, 0.1) is 0 Å². The number of carboxylic acid groups (broad SMARTS) is 1. The number of hydrogen-bond donors (Lipinski definition) is 2. The van der Waals surface area contributed by atoms with Gasteiger partial charge in [0.15, 0.2) is 0 Å². The van der Waals surface area contributed by atoms with Gasteiger partial charge in [0, 0.05) is 12.4 Å². The Hall–Kier alpha value is -2.44. The fraction of sp³-hybridized carbons (Fsp3) is 0.273. The molecule has 2 aromatic heterocycles. The van der Waals surface area contributed by atoms with Gasteiger partial charge in [-0.3, -0.25) is 9.78 Å². The normalized spacial score (nSPS) is 12.3. The third kappa shape index (κ3) is 2.15. The summed E-state index contributed by atoms with van der Waals surface area (Å²) in [7, 11) is 0. The first-order chi connectivity index (χ1) is 8.63. The lowest BCUT2D eigenvalue weighted by molar-refractivity contribution is -0.139. The van der Waals surface area contributed by atoms with Crippen molar-refractivity contribution in [1.82, 2.24) is 19.9 Å². The van der Waals surface area contributed by atoms with Gasteiger partial charge >= 0.3 is 5.97 Å². The van der Waals surface area contributed by atoms with Gasteiger partial charge in [-0.1, -0.05) is 6.92 Å². The molecule has 0 aromatic carbocycles. The molecule has 1 amide bonds. The Balaban J connectivity index is 2.26. The molecule has 0 aliphatic carbocycles. The number of hydrogen-bond acceptors (Lipinski definition) is 4. The van der Waals surface area contributed by atoms with Gasteiger partial charge in [0.2, 0.25) is 0 Å². The van der Waals surface area contributed by atoms with E-state index in [1.165, 1.54) is 16.9 Å². The predicted molar refractivity (Wildman–Crippen MR) is 62.2 cm³/mol. The lowest BCUT2D eigenvalue weighted by atomic mass is 10.2. The van der Waals surface area contributed by atoms with E-state index in [0.717, 1.165) is 0 Å². The maximum Gasteiger partial charge on any atom is 0.326 e. The van der Waals surface area contributed by atoms with Crippen molar-refractivity contribution in [2.24, 2.45) is 0 Å². The summed E-state index contributed by atoms with van der Waals surface area (Å²) in [6, 6.07) is -0.899. The molecule has 94 valence electrons. The second-order valence-corrected chi connectivity index (χ2v) is 3.74. The van der Waals surface area contributed by atoms with Crippen molar-refractivity contribution in [2.75, 3.05) is 0 Å². The summed E-state index contributed by atoms with van der Waals surface area (Å²) in [5.74, 6) is -1.52. The van der Waals surface area contributed by atoms with Crippen LogP contribution in [0.2, 0.25) is 0 Å². The van der Waals surface area contributed by atoms with Crippen molar-refractivity contribution < 1.29 is 14.7 Å². The number of carbonyl (C=O) groups is 2. The quantitative estimate of drug-likeness (QED) is 0.812. The summed E-state index contributed by atoms with van der Waals surface area (Å²) in [6.07, 6.45) is 6.37. The van der Waals surface area contributed by atoms with Crippen LogP contribution in [0.4, 0.5) is 0 Å². The minimum Gasteiger partial charge on any atom is -0.480 e. The van der Waals surface area contributed by atoms with Crippen LogP contribution in [-0.2, 0) is 4.79 Å². The summed E-state index contributed by atoms with van der Waals surface area (Å²) >= 11 is 0. The zero-order valence-corrected chi connectivity index (χ0v) is 9.70. The summed E-state index contributed by atoms with van der Waals surface area (Å²) < 4.78 is 1.50. The van der Waals surface area contributed by atoms with E-state index in [1.54, 1.807) is 19.3 Å². The lowest BCUT2D eigenvalue weighted by Crippen LogP contribution is -2.40. The molecular weight excluding hydrogens is 236 g/mol. The van der Waals surface area contributed by atoms with Crippen LogP contribution in [0.1, 0.15) is 23.7 Å². The van der Waals surface area contributed by atoms with Crippen molar-refractivity contribution >= 4 is 17.4 Å². The number of nitrogens with zero attached hydrogens (tertiary/aromatic N) is 3. The van der Waals surface area contributed by atoms with Crippen molar-refractivity contribution in [3.63, 3.8) is 0 Å². The zero-order chi connectivity index (χ0) is 13.1. The largest absolute Gasteiger partial charge is 0.480 e. The molecule has 2 aromatic rings. The third-order valence-corrected chi connectivity index (χ3v) is 2.58. The topological polar surface area (TPSA) is 96.6 Å². The second-order valence-electron chi connectivity index (χ2n) is 3.74. The van der Waals surface area contributed by atoms with Gasteiger partial charge in [0.1, 0.15) is 6.04 Å². The maximum atomic E-state index is 11.9. The van der Waals surface area contributed by atoms with E-state index < -0.39 is 17.9 Å². The number of aromatic nitrogens is 3. The van der Waals surface area contributed by atoms with Crippen LogP contribution in [0.25, 0.3) is 5.52 Å². The minimum atomic E-state index is -1.06. The molecule has 18 heavy (non-hydrogen) atoms. The van der Waals surface area contributed by atoms with Crippen LogP contribution in [-0.4, -0.2) is 37.6 Å². The number of amides is 1. The smallest absolute Gasteiger partial charge is 0.326 e. The standard InChI is InChI=1S/C11H12N4O3/c1-2-8(11(17)18)14-10(16)7-5-13-15-4-3-12-6-9(7)15/h3-6,8H,2H2,1H3,(H,14,16)(H,17,18). The van der Waals surface area contributed by atoms with Crippen molar-refractivity contribution in [3.05, 3.63) is 30.4 Å². The van der Waals surface area contributed by atoms with E-state index in [0.29, 0.717) is 17.5 Å². The summed E-state index contributed by atoms with van der Waals surface area (Å²) in [5, 5.41) is 15.3. The summed E-state index contributed by atoms with van der Waals surface area (Å²) in [5.41, 5.74) is 0.845. The van der Waals surface area contributed by atoms with Crippen molar-refractivity contribution in [2.45, 2.75) is 19.4 Å². The first-order valence-electron chi connectivity index (χ1n) is 5.44. The Bertz CT molecular complexity index is 593. The average Bonchev–Trinajstić information content (AvgIpc) is 2.79. The zero-order valence-electron chi connectivity index (χ0n) is 9.70. The molecule has 7 nitrogen and oxygen atoms in total. The van der Waals surface area contributed by atoms with Gasteiger partial charge in [-0.2, -0.15) is 5.10 Å². The highest BCUT2D eigenvalue weighted by atomic mass is 16.4. The van der Waals surface area contributed by atoms with Crippen LogP contribution in [0.5, 0.6) is 0 Å². The van der Waals surface area contributed by atoms with Gasteiger partial charge in [0.05, 0.1) is 23.5 Å². The minimum absolute atomic E-state index is 0.308. The Kier molecular flexibility index (Phi) is 3.22. The molecule has 0 saturated heterocycles. The van der Waals surface area contributed by atoms with Crippen molar-refractivity contribution in [1.29, 1.82) is 0 Å².